The zero-order chi connectivity index (χ0) is 13.5. The zero-order valence-corrected chi connectivity index (χ0v) is 11.3. The van der Waals surface area contributed by atoms with Gasteiger partial charge < -0.3 is 10.6 Å². The van der Waals surface area contributed by atoms with E-state index < -0.39 is 0 Å². The zero-order valence-electron chi connectivity index (χ0n) is 11.3. The molecule has 2 rings (SSSR count). The highest BCUT2D eigenvalue weighted by Crippen LogP contribution is 2.10. The average molecular weight is 257 g/mol. The first kappa shape index (κ1) is 13.3. The van der Waals surface area contributed by atoms with Crippen molar-refractivity contribution in [1.29, 1.82) is 0 Å². The number of hydrogen-bond acceptors (Lipinski definition) is 5. The lowest BCUT2D eigenvalue weighted by molar-refractivity contribution is 0.962. The summed E-state index contributed by atoms with van der Waals surface area (Å²) in [5, 5.41) is 6.50. The Morgan fingerprint density at radius 3 is 2.58 bits per heavy atom. The summed E-state index contributed by atoms with van der Waals surface area (Å²) < 4.78 is 0. The Morgan fingerprint density at radius 2 is 1.84 bits per heavy atom. The van der Waals surface area contributed by atoms with E-state index in [2.05, 4.69) is 39.4 Å². The van der Waals surface area contributed by atoms with Gasteiger partial charge in [0.25, 0.3) is 0 Å². The second-order valence-corrected chi connectivity index (χ2v) is 4.37. The molecule has 2 aromatic rings. The summed E-state index contributed by atoms with van der Waals surface area (Å²) in [4.78, 5) is 12.7. The standard InChI is InChI=1S/C14H19N5/c1-3-5-17-13-9-16-10-14(19-13)18-8-12-4-6-15-7-11(12)2/h4,6-7,9-10H,3,5,8H2,1-2H3,(H2,17,18,19). The molecule has 0 aliphatic carbocycles. The maximum atomic E-state index is 4.45. The highest BCUT2D eigenvalue weighted by atomic mass is 15.1. The van der Waals surface area contributed by atoms with Crippen molar-refractivity contribution in [2.24, 2.45) is 0 Å². The molecule has 0 radical (unpaired) electrons. The van der Waals surface area contributed by atoms with Gasteiger partial charge in [0.1, 0.15) is 11.6 Å². The Balaban J connectivity index is 1.98. The summed E-state index contributed by atoms with van der Waals surface area (Å²) in [7, 11) is 0. The number of aryl methyl sites for hydroxylation is 1. The Labute approximate surface area is 113 Å². The molecule has 0 atom stereocenters. The van der Waals surface area contributed by atoms with Gasteiger partial charge in [-0.25, -0.2) is 4.98 Å². The van der Waals surface area contributed by atoms with E-state index in [0.29, 0.717) is 0 Å². The highest BCUT2D eigenvalue weighted by molar-refractivity contribution is 5.42. The molecule has 2 heterocycles. The van der Waals surface area contributed by atoms with Crippen molar-refractivity contribution in [3.8, 4) is 0 Å². The summed E-state index contributed by atoms with van der Waals surface area (Å²) >= 11 is 0. The average Bonchev–Trinajstić information content (AvgIpc) is 2.45. The third-order valence-electron chi connectivity index (χ3n) is 2.79. The Hall–Kier alpha value is -2.17. The number of hydrogen-bond donors (Lipinski definition) is 2. The third kappa shape index (κ3) is 3.91. The predicted octanol–water partition coefficient (Wildman–Crippen LogP) is 2.61. The van der Waals surface area contributed by atoms with Crippen molar-refractivity contribution in [2.45, 2.75) is 26.8 Å². The molecular weight excluding hydrogens is 238 g/mol. The number of anilines is 2. The summed E-state index contributed by atoms with van der Waals surface area (Å²) in [6.07, 6.45) is 8.19. The second-order valence-electron chi connectivity index (χ2n) is 4.37. The van der Waals surface area contributed by atoms with Crippen LogP contribution in [0.4, 0.5) is 11.6 Å². The van der Waals surface area contributed by atoms with E-state index in [0.717, 1.165) is 31.1 Å². The van der Waals surface area contributed by atoms with Gasteiger partial charge in [-0.15, -0.1) is 0 Å². The van der Waals surface area contributed by atoms with Crippen LogP contribution >= 0.6 is 0 Å². The normalized spacial score (nSPS) is 10.2. The van der Waals surface area contributed by atoms with E-state index in [1.165, 1.54) is 11.1 Å². The molecule has 5 nitrogen and oxygen atoms in total. The van der Waals surface area contributed by atoms with Crippen LogP contribution in [0.3, 0.4) is 0 Å². The molecular formula is C14H19N5. The Kier molecular flexibility index (Phi) is 4.66. The molecule has 0 aromatic carbocycles. The molecule has 2 N–H and O–H groups in total. The minimum Gasteiger partial charge on any atom is -0.369 e. The lowest BCUT2D eigenvalue weighted by Gasteiger charge is -2.09. The molecule has 0 saturated carbocycles. The molecule has 0 fully saturated rings. The summed E-state index contributed by atoms with van der Waals surface area (Å²) in [6.45, 7) is 5.80. The van der Waals surface area contributed by atoms with E-state index in [1.807, 2.05) is 12.3 Å². The van der Waals surface area contributed by atoms with E-state index in [9.17, 15) is 0 Å². The number of nitrogens with zero attached hydrogens (tertiary/aromatic N) is 3. The Bertz CT molecular complexity index is 527. The maximum absolute atomic E-state index is 4.45. The number of pyridine rings is 1. The molecule has 2 aromatic heterocycles. The van der Waals surface area contributed by atoms with E-state index in [1.54, 1.807) is 18.6 Å². The van der Waals surface area contributed by atoms with Crippen LogP contribution in [0, 0.1) is 6.92 Å². The van der Waals surface area contributed by atoms with Gasteiger partial charge in [0.05, 0.1) is 12.4 Å². The first-order valence-electron chi connectivity index (χ1n) is 6.49. The highest BCUT2D eigenvalue weighted by Gasteiger charge is 2.00. The number of nitrogens with one attached hydrogen (secondary N) is 2. The summed E-state index contributed by atoms with van der Waals surface area (Å²) in [5.41, 5.74) is 2.38. The van der Waals surface area contributed by atoms with Gasteiger partial charge in [-0.05, 0) is 30.5 Å². The van der Waals surface area contributed by atoms with Crippen molar-refractivity contribution in [3.05, 3.63) is 42.0 Å². The van der Waals surface area contributed by atoms with Gasteiger partial charge in [0, 0.05) is 25.5 Å². The van der Waals surface area contributed by atoms with Crippen LogP contribution in [0.5, 0.6) is 0 Å². The van der Waals surface area contributed by atoms with Crippen molar-refractivity contribution in [3.63, 3.8) is 0 Å². The molecule has 0 amide bonds. The quantitative estimate of drug-likeness (QED) is 0.833. The van der Waals surface area contributed by atoms with Gasteiger partial charge in [0.2, 0.25) is 0 Å². The fourth-order valence-corrected chi connectivity index (χ4v) is 1.68. The van der Waals surface area contributed by atoms with Gasteiger partial charge in [-0.2, -0.15) is 0 Å². The largest absolute Gasteiger partial charge is 0.369 e. The van der Waals surface area contributed by atoms with Crippen LogP contribution in [-0.4, -0.2) is 21.5 Å². The van der Waals surface area contributed by atoms with Crippen molar-refractivity contribution in [1.82, 2.24) is 15.0 Å². The number of aromatic nitrogens is 3. The molecule has 0 aliphatic rings. The number of rotatable bonds is 6. The molecule has 100 valence electrons. The van der Waals surface area contributed by atoms with Crippen LogP contribution < -0.4 is 10.6 Å². The lowest BCUT2D eigenvalue weighted by atomic mass is 10.1. The molecule has 0 aliphatic heterocycles. The Morgan fingerprint density at radius 1 is 1.05 bits per heavy atom. The molecule has 0 unspecified atom stereocenters. The van der Waals surface area contributed by atoms with E-state index >= 15 is 0 Å². The molecule has 0 bridgehead atoms. The minimum absolute atomic E-state index is 0.722. The topological polar surface area (TPSA) is 62.7 Å². The van der Waals surface area contributed by atoms with Crippen molar-refractivity contribution in [2.75, 3.05) is 17.2 Å². The van der Waals surface area contributed by atoms with E-state index in [-0.39, 0.29) is 0 Å². The van der Waals surface area contributed by atoms with Crippen molar-refractivity contribution < 1.29 is 0 Å². The van der Waals surface area contributed by atoms with Crippen LogP contribution in [0.15, 0.2) is 30.9 Å². The molecule has 19 heavy (non-hydrogen) atoms. The smallest absolute Gasteiger partial charge is 0.147 e. The van der Waals surface area contributed by atoms with Gasteiger partial charge in [0.15, 0.2) is 0 Å². The first-order valence-corrected chi connectivity index (χ1v) is 6.49. The summed E-state index contributed by atoms with van der Waals surface area (Å²) in [6, 6.07) is 2.01. The SMILES string of the molecule is CCCNc1cncc(NCc2ccncc2C)n1. The summed E-state index contributed by atoms with van der Waals surface area (Å²) in [5.74, 6) is 1.58. The monoisotopic (exact) mass is 257 g/mol. The molecule has 0 spiro atoms. The van der Waals surface area contributed by atoms with Gasteiger partial charge in [-0.3, -0.25) is 9.97 Å². The lowest BCUT2D eigenvalue weighted by Crippen LogP contribution is -2.07. The third-order valence-corrected chi connectivity index (χ3v) is 2.79. The van der Waals surface area contributed by atoms with Crippen LogP contribution in [0.2, 0.25) is 0 Å². The fraction of sp³-hybridized carbons (Fsp3) is 0.357. The van der Waals surface area contributed by atoms with E-state index in [4.69, 9.17) is 0 Å². The molecule has 0 saturated heterocycles. The first-order chi connectivity index (χ1) is 9.29. The fourth-order valence-electron chi connectivity index (χ4n) is 1.68. The minimum atomic E-state index is 0.722. The van der Waals surface area contributed by atoms with Crippen LogP contribution in [0.25, 0.3) is 0 Å². The van der Waals surface area contributed by atoms with Crippen LogP contribution in [-0.2, 0) is 6.54 Å². The van der Waals surface area contributed by atoms with Gasteiger partial charge >= 0.3 is 0 Å². The second kappa shape index (κ2) is 6.68. The van der Waals surface area contributed by atoms with Crippen molar-refractivity contribution >= 4 is 11.6 Å². The predicted molar refractivity (Wildman–Crippen MR) is 77.1 cm³/mol. The van der Waals surface area contributed by atoms with Gasteiger partial charge in [-0.1, -0.05) is 6.92 Å². The molecule has 5 heteroatoms. The van der Waals surface area contributed by atoms with Crippen LogP contribution in [0.1, 0.15) is 24.5 Å². The maximum Gasteiger partial charge on any atom is 0.147 e.